The van der Waals surface area contributed by atoms with E-state index in [9.17, 15) is 0 Å². The Balaban J connectivity index is 2.15. The van der Waals surface area contributed by atoms with Crippen LogP contribution in [0.4, 0.5) is 0 Å². The number of hydrogen-bond acceptors (Lipinski definition) is 2. The molecule has 0 atom stereocenters. The maximum absolute atomic E-state index is 2.20. The van der Waals surface area contributed by atoms with Crippen LogP contribution in [0.2, 0.25) is 0 Å². The molecule has 0 spiro atoms. The van der Waals surface area contributed by atoms with Gasteiger partial charge in [0, 0.05) is 0 Å². The van der Waals surface area contributed by atoms with Crippen LogP contribution in [0, 0.1) is 0 Å². The molecule has 0 unspecified atom stereocenters. The van der Waals surface area contributed by atoms with Crippen molar-refractivity contribution in [2.45, 2.75) is 19.6 Å². The fraction of sp³-hybridized carbons (Fsp3) is 0. The Labute approximate surface area is 107 Å². The molecule has 0 fully saturated rings. The summed E-state index contributed by atoms with van der Waals surface area (Å²) in [4.78, 5) is 5.56. The molecule has 0 aromatic heterocycles. The van der Waals surface area contributed by atoms with Crippen LogP contribution in [0.5, 0.6) is 0 Å². The molecular formula is C12H7LiS2. The van der Waals surface area contributed by atoms with E-state index in [1.807, 2.05) is 23.5 Å². The van der Waals surface area contributed by atoms with Crippen LogP contribution in [0.25, 0.3) is 0 Å². The molecule has 2 aromatic rings. The molecule has 1 heterocycles. The summed E-state index contributed by atoms with van der Waals surface area (Å²) in [5.74, 6) is 0. The summed E-state index contributed by atoms with van der Waals surface area (Å²) in [6, 6.07) is 15.1. The van der Waals surface area contributed by atoms with Gasteiger partial charge in [-0.3, -0.25) is 0 Å². The van der Waals surface area contributed by atoms with Crippen LogP contribution in [0.1, 0.15) is 0 Å². The summed E-state index contributed by atoms with van der Waals surface area (Å²) in [5.41, 5.74) is 0. The molecule has 0 saturated heterocycles. The first-order valence-corrected chi connectivity index (χ1v) is 6.52. The Morgan fingerprint density at radius 3 is 2.20 bits per heavy atom. The molecule has 0 saturated carbocycles. The minimum absolute atomic E-state index is 1.37. The van der Waals surface area contributed by atoms with Crippen LogP contribution >= 0.6 is 23.5 Å². The third kappa shape index (κ3) is 1.77. The summed E-state index contributed by atoms with van der Waals surface area (Å²) < 4.78 is 1.37. The Hall–Kier alpha value is -0.263. The molecule has 0 aliphatic carbocycles. The van der Waals surface area contributed by atoms with Crippen molar-refractivity contribution in [3.05, 3.63) is 42.5 Å². The van der Waals surface area contributed by atoms with E-state index >= 15 is 0 Å². The fourth-order valence-electron chi connectivity index (χ4n) is 1.68. The zero-order valence-corrected chi connectivity index (χ0v) is 9.99. The molecule has 68 valence electrons. The molecule has 1 aliphatic rings. The quantitative estimate of drug-likeness (QED) is 0.536. The molecule has 0 nitrogen and oxygen atoms in total. The molecule has 0 radical (unpaired) electrons. The van der Waals surface area contributed by atoms with Gasteiger partial charge in [0.1, 0.15) is 0 Å². The van der Waals surface area contributed by atoms with Crippen molar-refractivity contribution in [2.24, 2.45) is 0 Å². The van der Waals surface area contributed by atoms with Gasteiger partial charge in [-0.05, 0) is 0 Å². The average Bonchev–Trinajstić information content (AvgIpc) is 2.27. The van der Waals surface area contributed by atoms with Crippen molar-refractivity contribution < 1.29 is 0 Å². The first kappa shape index (κ1) is 9.93. The number of benzene rings is 2. The van der Waals surface area contributed by atoms with Gasteiger partial charge in [-0.2, -0.15) is 0 Å². The number of fused-ring (bicyclic) bond motifs is 2. The topological polar surface area (TPSA) is 0 Å². The summed E-state index contributed by atoms with van der Waals surface area (Å²) in [5, 5.41) is 0. The second kappa shape index (κ2) is 3.96. The van der Waals surface area contributed by atoms with Gasteiger partial charge in [0.05, 0.1) is 0 Å². The van der Waals surface area contributed by atoms with E-state index in [1.165, 1.54) is 23.8 Å². The predicted molar refractivity (Wildman–Crippen MR) is 66.5 cm³/mol. The standard InChI is InChI=1S/C12H7S2.Li/c1-2-6-10-9(5-1)13-11-7-3-4-8-12(11)14-10;/h1-7H;. The monoisotopic (exact) mass is 222 g/mol. The van der Waals surface area contributed by atoms with Gasteiger partial charge >= 0.3 is 108 Å². The van der Waals surface area contributed by atoms with Crippen molar-refractivity contribution in [1.29, 1.82) is 0 Å². The van der Waals surface area contributed by atoms with Gasteiger partial charge in [0.25, 0.3) is 0 Å². The molecule has 2 aromatic carbocycles. The van der Waals surface area contributed by atoms with Crippen LogP contribution in [0.3, 0.4) is 0 Å². The van der Waals surface area contributed by atoms with E-state index in [0.29, 0.717) is 0 Å². The van der Waals surface area contributed by atoms with E-state index in [4.69, 9.17) is 0 Å². The summed E-state index contributed by atoms with van der Waals surface area (Å²) in [6.45, 7) is 0. The van der Waals surface area contributed by atoms with E-state index in [1.54, 1.807) is 0 Å². The van der Waals surface area contributed by atoms with E-state index < -0.39 is 0 Å². The molecule has 0 N–H and O–H groups in total. The van der Waals surface area contributed by atoms with Crippen molar-refractivity contribution in [2.75, 3.05) is 0 Å². The molecular weight excluding hydrogens is 215 g/mol. The molecule has 3 heteroatoms. The van der Waals surface area contributed by atoms with Crippen LogP contribution < -0.4 is 4.24 Å². The summed E-state index contributed by atoms with van der Waals surface area (Å²) in [7, 11) is 0. The van der Waals surface area contributed by atoms with Gasteiger partial charge in [-0.1, -0.05) is 0 Å². The van der Waals surface area contributed by atoms with E-state index in [-0.39, 0.29) is 0 Å². The van der Waals surface area contributed by atoms with Gasteiger partial charge in [0.15, 0.2) is 0 Å². The zero-order valence-electron chi connectivity index (χ0n) is 8.36. The minimum atomic E-state index is 1.37. The third-order valence-electron chi connectivity index (χ3n) is 2.46. The summed E-state index contributed by atoms with van der Waals surface area (Å²) in [6.07, 6.45) is 0. The number of hydrogen-bond donors (Lipinski definition) is 0. The second-order valence-electron chi connectivity index (χ2n) is 3.55. The fourth-order valence-corrected chi connectivity index (χ4v) is 4.07. The van der Waals surface area contributed by atoms with Gasteiger partial charge in [0.2, 0.25) is 0 Å². The van der Waals surface area contributed by atoms with Crippen LogP contribution in [-0.4, -0.2) is 17.7 Å². The first-order valence-electron chi connectivity index (χ1n) is 4.89. The Bertz CT molecular complexity index is 523. The predicted octanol–water partition coefficient (Wildman–Crippen LogP) is 3.10. The second-order valence-corrected chi connectivity index (χ2v) is 5.69. The Morgan fingerprint density at radius 2 is 1.40 bits per heavy atom. The molecule has 0 bridgehead atoms. The summed E-state index contributed by atoms with van der Waals surface area (Å²) >= 11 is 5.94. The van der Waals surface area contributed by atoms with Gasteiger partial charge in [-0.15, -0.1) is 0 Å². The van der Waals surface area contributed by atoms with Crippen molar-refractivity contribution in [3.8, 4) is 0 Å². The first-order chi connectivity index (χ1) is 7.34. The zero-order chi connectivity index (χ0) is 10.3. The van der Waals surface area contributed by atoms with E-state index in [0.717, 1.165) is 0 Å². The van der Waals surface area contributed by atoms with Gasteiger partial charge in [-0.25, -0.2) is 0 Å². The molecule has 3 rings (SSSR count). The third-order valence-corrected chi connectivity index (χ3v) is 5.17. The normalized spacial score (nSPS) is 13.2. The molecule has 0 amide bonds. The van der Waals surface area contributed by atoms with Gasteiger partial charge < -0.3 is 0 Å². The maximum atomic E-state index is 2.20. The van der Waals surface area contributed by atoms with Crippen molar-refractivity contribution in [1.82, 2.24) is 0 Å². The van der Waals surface area contributed by atoms with Crippen LogP contribution in [0.15, 0.2) is 62.0 Å². The van der Waals surface area contributed by atoms with Crippen LogP contribution in [-0.2, 0) is 0 Å². The SMILES string of the molecule is [Li][c]1cccc2c1Sc1ccccc1S2. The average molecular weight is 222 g/mol. The molecule has 15 heavy (non-hydrogen) atoms. The van der Waals surface area contributed by atoms with E-state index in [2.05, 4.69) is 60.2 Å². The Kier molecular flexibility index (Phi) is 2.62. The Morgan fingerprint density at radius 1 is 0.733 bits per heavy atom. The van der Waals surface area contributed by atoms with Crippen molar-refractivity contribution >= 4 is 45.5 Å². The number of rotatable bonds is 0. The molecule has 1 aliphatic heterocycles. The van der Waals surface area contributed by atoms with Crippen molar-refractivity contribution in [3.63, 3.8) is 0 Å².